The van der Waals surface area contributed by atoms with Crippen LogP contribution in [0.4, 0.5) is 0 Å². The van der Waals surface area contributed by atoms with Gasteiger partial charge in [-0.25, -0.2) is 0 Å². The van der Waals surface area contributed by atoms with Crippen molar-refractivity contribution in [3.8, 4) is 0 Å². The van der Waals surface area contributed by atoms with E-state index >= 15 is 0 Å². The maximum atomic E-state index is 6.18. The van der Waals surface area contributed by atoms with Crippen molar-refractivity contribution in [2.45, 2.75) is 148 Å². The van der Waals surface area contributed by atoms with E-state index in [0.717, 1.165) is 37.9 Å². The van der Waals surface area contributed by atoms with Crippen LogP contribution in [0.25, 0.3) is 0 Å². The van der Waals surface area contributed by atoms with Crippen molar-refractivity contribution in [2.75, 3.05) is 13.2 Å². The zero-order valence-corrected chi connectivity index (χ0v) is 21.6. The molecule has 186 valence electrons. The quantitative estimate of drug-likeness (QED) is 0.346. The van der Waals surface area contributed by atoms with Crippen LogP contribution in [0.15, 0.2) is 12.2 Å². The average Bonchev–Trinajstić information content (AvgIpc) is 2.83. The first-order chi connectivity index (χ1) is 15.8. The summed E-state index contributed by atoms with van der Waals surface area (Å²) in [7, 11) is 0. The fraction of sp³-hybridized carbons (Fsp3) is 0.933. The SMILES string of the molecule is CCCOC1C=CC(C2(C3CCC(OCCC)CC3)CCCCCCCCCCC2)CC1. The molecule has 0 radical (unpaired) electrons. The van der Waals surface area contributed by atoms with Gasteiger partial charge in [0.15, 0.2) is 0 Å². The molecule has 0 aromatic heterocycles. The number of allylic oxidation sites excluding steroid dienone is 1. The molecule has 0 aromatic carbocycles. The van der Waals surface area contributed by atoms with Crippen molar-refractivity contribution in [1.29, 1.82) is 0 Å². The van der Waals surface area contributed by atoms with Gasteiger partial charge in [0.25, 0.3) is 0 Å². The third kappa shape index (κ3) is 7.86. The van der Waals surface area contributed by atoms with Gasteiger partial charge < -0.3 is 9.47 Å². The van der Waals surface area contributed by atoms with E-state index in [0.29, 0.717) is 17.6 Å². The molecule has 3 rings (SSSR count). The summed E-state index contributed by atoms with van der Waals surface area (Å²) in [5, 5.41) is 0. The molecule has 3 aliphatic carbocycles. The summed E-state index contributed by atoms with van der Waals surface area (Å²) in [5.41, 5.74) is 0.529. The Morgan fingerprint density at radius 1 is 0.625 bits per heavy atom. The van der Waals surface area contributed by atoms with E-state index in [-0.39, 0.29) is 0 Å². The standard InChI is InChI=1S/C30H54O2/c1-3-24-31-28-18-14-26(15-19-28)30(27-16-20-29(21-17-27)32-25-4-2)22-12-10-8-6-5-7-9-11-13-23-30/h14,18,26-29H,3-13,15-17,19-25H2,1-2H3. The van der Waals surface area contributed by atoms with E-state index in [1.165, 1.54) is 109 Å². The van der Waals surface area contributed by atoms with Crippen molar-refractivity contribution in [3.05, 3.63) is 12.2 Å². The van der Waals surface area contributed by atoms with E-state index in [1.807, 2.05) is 0 Å². The number of hydrogen-bond acceptors (Lipinski definition) is 2. The first-order valence-electron chi connectivity index (χ1n) is 14.7. The first-order valence-corrected chi connectivity index (χ1v) is 14.7. The lowest BCUT2D eigenvalue weighted by Crippen LogP contribution is -2.42. The van der Waals surface area contributed by atoms with Gasteiger partial charge in [-0.2, -0.15) is 0 Å². The molecule has 0 heterocycles. The predicted molar refractivity (Wildman–Crippen MR) is 137 cm³/mol. The third-order valence-corrected chi connectivity index (χ3v) is 8.92. The van der Waals surface area contributed by atoms with Crippen molar-refractivity contribution in [1.82, 2.24) is 0 Å². The summed E-state index contributed by atoms with van der Waals surface area (Å²) in [6.07, 6.45) is 32.3. The van der Waals surface area contributed by atoms with Gasteiger partial charge in [0.2, 0.25) is 0 Å². The second-order valence-electron chi connectivity index (χ2n) is 11.2. The molecule has 0 saturated heterocycles. The second kappa shape index (κ2) is 14.8. The molecule has 2 nitrogen and oxygen atoms in total. The highest BCUT2D eigenvalue weighted by molar-refractivity contribution is 5.08. The lowest BCUT2D eigenvalue weighted by atomic mass is 9.56. The largest absolute Gasteiger partial charge is 0.378 e. The summed E-state index contributed by atoms with van der Waals surface area (Å²) < 4.78 is 12.3. The van der Waals surface area contributed by atoms with Crippen molar-refractivity contribution >= 4 is 0 Å². The monoisotopic (exact) mass is 446 g/mol. The molecule has 2 heteroatoms. The minimum atomic E-state index is 0.368. The van der Waals surface area contributed by atoms with Gasteiger partial charge in [0.05, 0.1) is 12.2 Å². The molecule has 3 aliphatic rings. The Labute approximate surface area is 200 Å². The second-order valence-corrected chi connectivity index (χ2v) is 11.2. The zero-order chi connectivity index (χ0) is 22.5. The van der Waals surface area contributed by atoms with E-state index in [1.54, 1.807) is 0 Å². The average molecular weight is 447 g/mol. The smallest absolute Gasteiger partial charge is 0.0756 e. The van der Waals surface area contributed by atoms with Gasteiger partial charge in [-0.05, 0) is 81.5 Å². The number of ether oxygens (including phenoxy) is 2. The minimum absolute atomic E-state index is 0.368. The molecule has 0 aromatic rings. The Balaban J connectivity index is 1.73. The highest BCUT2D eigenvalue weighted by Gasteiger charge is 2.45. The molecule has 2 fully saturated rings. The molecular formula is C30H54O2. The van der Waals surface area contributed by atoms with E-state index in [9.17, 15) is 0 Å². The van der Waals surface area contributed by atoms with Crippen LogP contribution in [0.3, 0.4) is 0 Å². The summed E-state index contributed by atoms with van der Waals surface area (Å²) in [5.74, 6) is 1.67. The minimum Gasteiger partial charge on any atom is -0.378 e. The van der Waals surface area contributed by atoms with Crippen LogP contribution in [0.1, 0.15) is 136 Å². The lowest BCUT2D eigenvalue weighted by Gasteiger charge is -2.50. The van der Waals surface area contributed by atoms with Gasteiger partial charge in [0, 0.05) is 13.2 Å². The van der Waals surface area contributed by atoms with Crippen LogP contribution in [0.5, 0.6) is 0 Å². The van der Waals surface area contributed by atoms with Gasteiger partial charge >= 0.3 is 0 Å². The van der Waals surface area contributed by atoms with Crippen molar-refractivity contribution < 1.29 is 9.47 Å². The Morgan fingerprint density at radius 3 is 1.72 bits per heavy atom. The summed E-state index contributed by atoms with van der Waals surface area (Å²) in [4.78, 5) is 0. The molecule has 2 unspecified atom stereocenters. The highest BCUT2D eigenvalue weighted by Crippen LogP contribution is 2.54. The lowest BCUT2D eigenvalue weighted by molar-refractivity contribution is -0.0305. The fourth-order valence-electron chi connectivity index (χ4n) is 7.12. The summed E-state index contributed by atoms with van der Waals surface area (Å²) in [6.45, 7) is 6.31. The molecule has 2 saturated carbocycles. The van der Waals surface area contributed by atoms with Crippen molar-refractivity contribution in [3.63, 3.8) is 0 Å². The molecule has 0 aliphatic heterocycles. The highest BCUT2D eigenvalue weighted by atomic mass is 16.5. The van der Waals surface area contributed by atoms with Crippen molar-refractivity contribution in [2.24, 2.45) is 17.3 Å². The maximum absolute atomic E-state index is 6.18. The first kappa shape index (κ1) is 26.3. The third-order valence-electron chi connectivity index (χ3n) is 8.92. The van der Waals surface area contributed by atoms with Gasteiger partial charge in [-0.1, -0.05) is 83.8 Å². The molecule has 0 N–H and O–H groups in total. The Kier molecular flexibility index (Phi) is 12.2. The van der Waals surface area contributed by atoms with Gasteiger partial charge in [-0.3, -0.25) is 0 Å². The zero-order valence-electron chi connectivity index (χ0n) is 21.6. The van der Waals surface area contributed by atoms with Crippen LogP contribution < -0.4 is 0 Å². The number of rotatable bonds is 8. The molecule has 2 atom stereocenters. The Bertz CT molecular complexity index is 493. The van der Waals surface area contributed by atoms with E-state index in [4.69, 9.17) is 9.47 Å². The van der Waals surface area contributed by atoms with Crippen LogP contribution in [0.2, 0.25) is 0 Å². The van der Waals surface area contributed by atoms with E-state index in [2.05, 4.69) is 26.0 Å². The Morgan fingerprint density at radius 2 is 1.19 bits per heavy atom. The van der Waals surface area contributed by atoms with E-state index < -0.39 is 0 Å². The molecule has 0 bridgehead atoms. The Hall–Kier alpha value is -0.340. The summed E-state index contributed by atoms with van der Waals surface area (Å²) in [6, 6.07) is 0. The van der Waals surface area contributed by atoms with Gasteiger partial charge in [0.1, 0.15) is 0 Å². The van der Waals surface area contributed by atoms with Crippen LogP contribution in [0, 0.1) is 17.3 Å². The fourth-order valence-corrected chi connectivity index (χ4v) is 7.12. The maximum Gasteiger partial charge on any atom is 0.0756 e. The predicted octanol–water partition coefficient (Wildman–Crippen LogP) is 9.02. The molecular weight excluding hydrogens is 392 g/mol. The molecule has 32 heavy (non-hydrogen) atoms. The topological polar surface area (TPSA) is 18.5 Å². The number of hydrogen-bond donors (Lipinski definition) is 0. The summed E-state index contributed by atoms with van der Waals surface area (Å²) >= 11 is 0. The van der Waals surface area contributed by atoms with Crippen LogP contribution in [-0.2, 0) is 9.47 Å². The van der Waals surface area contributed by atoms with Crippen LogP contribution in [-0.4, -0.2) is 25.4 Å². The van der Waals surface area contributed by atoms with Crippen LogP contribution >= 0.6 is 0 Å². The van der Waals surface area contributed by atoms with Gasteiger partial charge in [-0.15, -0.1) is 0 Å². The normalized spacial score (nSPS) is 32.7. The molecule has 0 amide bonds. The molecule has 0 spiro atoms.